The van der Waals surface area contributed by atoms with Gasteiger partial charge in [0.2, 0.25) is 11.8 Å². The number of nitriles is 1. The first-order chi connectivity index (χ1) is 18.5. The van der Waals surface area contributed by atoms with Crippen molar-refractivity contribution in [3.8, 4) is 28.7 Å². The van der Waals surface area contributed by atoms with Crippen LogP contribution in [0.2, 0.25) is 0 Å². The van der Waals surface area contributed by atoms with Crippen molar-refractivity contribution in [3.63, 3.8) is 0 Å². The van der Waals surface area contributed by atoms with Crippen molar-refractivity contribution in [2.24, 2.45) is 9.98 Å². The maximum absolute atomic E-state index is 9.39. The lowest BCUT2D eigenvalue weighted by Crippen LogP contribution is -2.53. The average molecular weight is 506 g/mol. The van der Waals surface area contributed by atoms with Gasteiger partial charge in [0, 0.05) is 31.9 Å². The van der Waals surface area contributed by atoms with Crippen molar-refractivity contribution in [2.75, 3.05) is 50.6 Å². The van der Waals surface area contributed by atoms with Gasteiger partial charge in [-0.25, -0.2) is 24.6 Å². The van der Waals surface area contributed by atoms with E-state index in [4.69, 9.17) is 15.7 Å². The third kappa shape index (κ3) is 4.16. The van der Waals surface area contributed by atoms with Crippen LogP contribution in [-0.2, 0) is 0 Å². The van der Waals surface area contributed by atoms with Gasteiger partial charge in [0.15, 0.2) is 11.5 Å². The van der Waals surface area contributed by atoms with Gasteiger partial charge >= 0.3 is 0 Å². The fourth-order valence-corrected chi connectivity index (χ4v) is 4.71. The molecule has 0 bridgehead atoms. The number of rotatable bonds is 3. The third-order valence-electron chi connectivity index (χ3n) is 6.82. The number of hydrogen-bond acceptors (Lipinski definition) is 10. The summed E-state index contributed by atoms with van der Waals surface area (Å²) in [7, 11) is 1.81. The van der Waals surface area contributed by atoms with Gasteiger partial charge in [-0.15, -0.1) is 0 Å². The molecule has 4 aromatic rings. The Hall–Kier alpha value is -4.98. The highest BCUT2D eigenvalue weighted by Gasteiger charge is 2.27. The molecule has 2 aliphatic rings. The van der Waals surface area contributed by atoms with Crippen LogP contribution in [0.25, 0.3) is 33.8 Å². The highest BCUT2D eigenvalue weighted by molar-refractivity contribution is 6.05. The number of nitrogen functional groups attached to an aromatic ring is 1. The molecule has 0 unspecified atom stereocenters. The largest absolute Gasteiger partial charge is 0.383 e. The van der Waals surface area contributed by atoms with E-state index in [1.165, 1.54) is 5.56 Å². The van der Waals surface area contributed by atoms with Crippen LogP contribution in [-0.4, -0.2) is 81.1 Å². The van der Waals surface area contributed by atoms with Crippen LogP contribution >= 0.6 is 0 Å². The summed E-state index contributed by atoms with van der Waals surface area (Å²) in [6.07, 6.45) is 1.68. The smallest absolute Gasteiger partial charge is 0.225 e. The number of piperazine rings is 1. The quantitative estimate of drug-likeness (QED) is 0.450. The van der Waals surface area contributed by atoms with Crippen molar-refractivity contribution in [2.45, 2.75) is 6.92 Å². The lowest BCUT2D eigenvalue weighted by molar-refractivity contribution is 0.343. The fourth-order valence-electron chi connectivity index (χ4n) is 4.71. The monoisotopic (exact) mass is 505 g/mol. The van der Waals surface area contributed by atoms with Crippen molar-refractivity contribution in [1.29, 1.82) is 5.26 Å². The zero-order valence-corrected chi connectivity index (χ0v) is 21.3. The Morgan fingerprint density at radius 2 is 1.76 bits per heavy atom. The summed E-state index contributed by atoms with van der Waals surface area (Å²) in [6.45, 7) is 5.23. The van der Waals surface area contributed by atoms with Crippen LogP contribution in [0.4, 0.5) is 5.82 Å². The number of guanidine groups is 1. The van der Waals surface area contributed by atoms with Gasteiger partial charge in [0.05, 0.1) is 24.3 Å². The SMILES string of the molecule is Cc1ccc(-c2ccc3nc(-c4cccnc4N)n(N4CCN(C5=NCN(C)C(C#N)=N5)CC4)c3n2)cc1. The number of nitrogens with two attached hydrogens (primary N) is 1. The number of aliphatic imine (C=N–C) groups is 2. The van der Waals surface area contributed by atoms with E-state index in [2.05, 4.69) is 66.8 Å². The lowest BCUT2D eigenvalue weighted by Gasteiger charge is -2.38. The van der Waals surface area contributed by atoms with Crippen LogP contribution in [0.15, 0.2) is 64.7 Å². The highest BCUT2D eigenvalue weighted by atomic mass is 15.6. The van der Waals surface area contributed by atoms with Gasteiger partial charge in [0.1, 0.15) is 24.1 Å². The summed E-state index contributed by atoms with van der Waals surface area (Å²) in [5.41, 5.74) is 11.7. The molecule has 0 aliphatic carbocycles. The predicted molar refractivity (Wildman–Crippen MR) is 148 cm³/mol. The Labute approximate surface area is 220 Å². The minimum absolute atomic E-state index is 0.375. The van der Waals surface area contributed by atoms with Crippen molar-refractivity contribution in [3.05, 3.63) is 60.3 Å². The number of nitrogens with zero attached hydrogens (tertiary/aromatic N) is 10. The fraction of sp³-hybridized carbons (Fsp3) is 0.259. The van der Waals surface area contributed by atoms with Crippen LogP contribution in [0.3, 0.4) is 0 Å². The van der Waals surface area contributed by atoms with Crippen LogP contribution in [0, 0.1) is 18.3 Å². The Balaban J connectivity index is 1.38. The number of amidine groups is 1. The second kappa shape index (κ2) is 9.48. The Morgan fingerprint density at radius 1 is 0.974 bits per heavy atom. The van der Waals surface area contributed by atoms with Gasteiger partial charge in [0.25, 0.3) is 0 Å². The van der Waals surface area contributed by atoms with E-state index >= 15 is 0 Å². The molecule has 1 aromatic carbocycles. The number of fused-ring (bicyclic) bond motifs is 1. The summed E-state index contributed by atoms with van der Waals surface area (Å²) in [5, 5.41) is 11.6. The summed E-state index contributed by atoms with van der Waals surface area (Å²) in [4.78, 5) is 27.2. The number of hydrogen-bond donors (Lipinski definition) is 1. The maximum Gasteiger partial charge on any atom is 0.225 e. The summed E-state index contributed by atoms with van der Waals surface area (Å²) in [5.74, 6) is 2.10. The van der Waals surface area contributed by atoms with E-state index in [0.29, 0.717) is 56.3 Å². The normalized spacial score (nSPS) is 15.9. The molecule has 2 N–H and O–H groups in total. The Kier molecular flexibility index (Phi) is 5.84. The predicted octanol–water partition coefficient (Wildman–Crippen LogP) is 2.49. The number of pyridine rings is 2. The minimum Gasteiger partial charge on any atom is -0.383 e. The molecule has 11 heteroatoms. The standard InChI is InChI=1S/C27H27N11/c1-18-5-7-19(8-6-18)21-9-10-22-26(32-21)38(25(33-22)20-4-3-11-30-24(20)29)37-14-12-36(13-15-37)27-31-17-35(2)23(16-28)34-27/h3-11H,12-15,17H2,1-2H3,(H2,29,30). The molecule has 3 aromatic heterocycles. The average Bonchev–Trinajstić information content (AvgIpc) is 3.32. The van der Waals surface area contributed by atoms with Crippen molar-refractivity contribution < 1.29 is 0 Å². The topological polar surface area (TPSA) is 128 Å². The Bertz CT molecular complexity index is 1600. The molecule has 0 radical (unpaired) electrons. The van der Waals surface area contributed by atoms with E-state index < -0.39 is 0 Å². The second-order valence-corrected chi connectivity index (χ2v) is 9.37. The lowest BCUT2D eigenvalue weighted by atomic mass is 10.1. The molecule has 0 saturated carbocycles. The molecule has 5 heterocycles. The van der Waals surface area contributed by atoms with Gasteiger partial charge in [-0.05, 0) is 31.2 Å². The molecule has 1 fully saturated rings. The number of imidazole rings is 1. The van der Waals surface area contributed by atoms with Gasteiger partial charge in [-0.3, -0.25) is 0 Å². The molecule has 190 valence electrons. The molecule has 38 heavy (non-hydrogen) atoms. The van der Waals surface area contributed by atoms with Crippen LogP contribution < -0.4 is 10.7 Å². The first-order valence-corrected chi connectivity index (χ1v) is 12.4. The van der Waals surface area contributed by atoms with Crippen molar-refractivity contribution >= 4 is 28.8 Å². The zero-order chi connectivity index (χ0) is 26.2. The van der Waals surface area contributed by atoms with E-state index in [-0.39, 0.29) is 0 Å². The van der Waals surface area contributed by atoms with Crippen LogP contribution in [0.1, 0.15) is 5.56 Å². The molecule has 0 spiro atoms. The highest BCUT2D eigenvalue weighted by Crippen LogP contribution is 2.29. The van der Waals surface area contributed by atoms with E-state index in [0.717, 1.165) is 28.0 Å². The summed E-state index contributed by atoms with van der Waals surface area (Å²) < 4.78 is 2.07. The number of aryl methyl sites for hydroxylation is 1. The van der Waals surface area contributed by atoms with Gasteiger partial charge in [-0.1, -0.05) is 29.8 Å². The first kappa shape index (κ1) is 23.4. The van der Waals surface area contributed by atoms with E-state index in [9.17, 15) is 5.26 Å². The van der Waals surface area contributed by atoms with E-state index in [1.54, 1.807) is 11.1 Å². The molecule has 1 saturated heterocycles. The number of benzene rings is 1. The Morgan fingerprint density at radius 3 is 2.50 bits per heavy atom. The zero-order valence-electron chi connectivity index (χ0n) is 21.3. The molecule has 11 nitrogen and oxygen atoms in total. The maximum atomic E-state index is 9.39. The van der Waals surface area contributed by atoms with Crippen LogP contribution in [0.5, 0.6) is 0 Å². The van der Waals surface area contributed by atoms with Crippen molar-refractivity contribution in [1.82, 2.24) is 29.4 Å². The first-order valence-electron chi connectivity index (χ1n) is 12.4. The van der Waals surface area contributed by atoms with Gasteiger partial charge in [-0.2, -0.15) is 10.3 Å². The molecular formula is C27H27N11. The molecule has 6 rings (SSSR count). The minimum atomic E-state index is 0.375. The molecule has 0 atom stereocenters. The molecule has 0 amide bonds. The molecule has 2 aliphatic heterocycles. The summed E-state index contributed by atoms with van der Waals surface area (Å²) >= 11 is 0. The van der Waals surface area contributed by atoms with E-state index in [1.807, 2.05) is 31.3 Å². The molecular weight excluding hydrogens is 478 g/mol. The summed E-state index contributed by atoms with van der Waals surface area (Å²) in [6, 6.07) is 18.3. The number of anilines is 1. The second-order valence-electron chi connectivity index (χ2n) is 9.37. The third-order valence-corrected chi connectivity index (χ3v) is 6.82. The number of aromatic nitrogens is 4. The van der Waals surface area contributed by atoms with Gasteiger partial charge < -0.3 is 20.5 Å².